The molecule has 0 amide bonds. The smallest absolute Gasteiger partial charge is 0.0769 e. The molecule has 0 aliphatic rings. The maximum Gasteiger partial charge on any atom is 0.0769 e. The van der Waals surface area contributed by atoms with E-state index in [2.05, 4.69) is 18.3 Å². The number of ether oxygens (including phenoxy) is 1. The van der Waals surface area contributed by atoms with Crippen molar-refractivity contribution in [2.75, 3.05) is 13.7 Å². The Morgan fingerprint density at radius 1 is 1.35 bits per heavy atom. The molecule has 0 saturated heterocycles. The van der Waals surface area contributed by atoms with Crippen LogP contribution in [-0.2, 0) is 4.74 Å². The normalized spacial score (nSPS) is 14.6. The monoisotopic (exact) mass is 255 g/mol. The fourth-order valence-corrected chi connectivity index (χ4v) is 2.31. The second kappa shape index (κ2) is 7.70. The zero-order chi connectivity index (χ0) is 12.7. The van der Waals surface area contributed by atoms with Gasteiger partial charge in [-0.2, -0.15) is 0 Å². The van der Waals surface area contributed by atoms with Crippen molar-refractivity contribution >= 4 is 11.6 Å². The van der Waals surface area contributed by atoms with Crippen molar-refractivity contribution in [3.63, 3.8) is 0 Å². The Morgan fingerprint density at radius 2 is 2.12 bits per heavy atom. The SMILES string of the molecule is CCCC(OCC)C(NC)c1cccc(Cl)c1. The van der Waals surface area contributed by atoms with Crippen LogP contribution in [0.2, 0.25) is 5.02 Å². The van der Waals surface area contributed by atoms with E-state index in [0.717, 1.165) is 24.5 Å². The molecule has 2 unspecified atom stereocenters. The highest BCUT2D eigenvalue weighted by atomic mass is 35.5. The van der Waals surface area contributed by atoms with Crippen molar-refractivity contribution in [1.29, 1.82) is 0 Å². The third kappa shape index (κ3) is 4.30. The van der Waals surface area contributed by atoms with Crippen molar-refractivity contribution in [2.45, 2.75) is 38.8 Å². The molecule has 0 heterocycles. The molecular weight excluding hydrogens is 234 g/mol. The molecule has 2 nitrogen and oxygen atoms in total. The lowest BCUT2D eigenvalue weighted by molar-refractivity contribution is 0.0295. The third-order valence-corrected chi connectivity index (χ3v) is 3.08. The van der Waals surface area contributed by atoms with Crippen LogP contribution in [0.4, 0.5) is 0 Å². The highest BCUT2D eigenvalue weighted by Crippen LogP contribution is 2.24. The molecule has 0 aliphatic heterocycles. The summed E-state index contributed by atoms with van der Waals surface area (Å²) in [6.45, 7) is 4.95. The fraction of sp³-hybridized carbons (Fsp3) is 0.571. The summed E-state index contributed by atoms with van der Waals surface area (Å²) in [5.41, 5.74) is 1.19. The summed E-state index contributed by atoms with van der Waals surface area (Å²) in [5.74, 6) is 0. The van der Waals surface area contributed by atoms with E-state index in [1.165, 1.54) is 5.56 Å². The van der Waals surface area contributed by atoms with E-state index in [1.54, 1.807) is 0 Å². The van der Waals surface area contributed by atoms with Gasteiger partial charge in [0.25, 0.3) is 0 Å². The standard InChI is InChI=1S/C14H22ClNO/c1-4-7-13(17-5-2)14(16-3)11-8-6-9-12(15)10-11/h6,8-10,13-14,16H,4-5,7H2,1-3H3. The maximum atomic E-state index is 6.04. The van der Waals surface area contributed by atoms with Crippen molar-refractivity contribution in [3.8, 4) is 0 Å². The van der Waals surface area contributed by atoms with Crippen LogP contribution in [0.3, 0.4) is 0 Å². The zero-order valence-electron chi connectivity index (χ0n) is 10.9. The second-order valence-corrected chi connectivity index (χ2v) is 4.54. The van der Waals surface area contributed by atoms with E-state index >= 15 is 0 Å². The Balaban J connectivity index is 2.87. The van der Waals surface area contributed by atoms with Crippen molar-refractivity contribution < 1.29 is 4.74 Å². The van der Waals surface area contributed by atoms with E-state index in [1.807, 2.05) is 32.2 Å². The molecule has 0 aromatic heterocycles. The summed E-state index contributed by atoms with van der Waals surface area (Å²) in [7, 11) is 1.97. The average Bonchev–Trinajstić information content (AvgIpc) is 2.31. The minimum atomic E-state index is 0.202. The Kier molecular flexibility index (Phi) is 6.56. The van der Waals surface area contributed by atoms with Gasteiger partial charge < -0.3 is 10.1 Å². The molecule has 0 bridgehead atoms. The van der Waals surface area contributed by atoms with E-state index in [9.17, 15) is 0 Å². The van der Waals surface area contributed by atoms with Crippen LogP contribution in [0.15, 0.2) is 24.3 Å². The largest absolute Gasteiger partial charge is 0.377 e. The molecule has 1 rings (SSSR count). The van der Waals surface area contributed by atoms with Crippen molar-refractivity contribution in [1.82, 2.24) is 5.32 Å². The summed E-state index contributed by atoms with van der Waals surface area (Å²) in [6.07, 6.45) is 2.36. The maximum absolute atomic E-state index is 6.04. The van der Waals surface area contributed by atoms with E-state index in [4.69, 9.17) is 16.3 Å². The van der Waals surface area contributed by atoms with Gasteiger partial charge in [0.05, 0.1) is 12.1 Å². The quantitative estimate of drug-likeness (QED) is 0.800. The summed E-state index contributed by atoms with van der Waals surface area (Å²) in [5, 5.41) is 4.10. The molecule has 1 N–H and O–H groups in total. The number of halogens is 1. The van der Waals surface area contributed by atoms with Gasteiger partial charge in [-0.1, -0.05) is 37.1 Å². The van der Waals surface area contributed by atoms with Crippen LogP contribution in [-0.4, -0.2) is 19.8 Å². The van der Waals surface area contributed by atoms with Crippen LogP contribution < -0.4 is 5.32 Å². The third-order valence-electron chi connectivity index (χ3n) is 2.84. The van der Waals surface area contributed by atoms with Gasteiger partial charge in [0, 0.05) is 11.6 Å². The van der Waals surface area contributed by atoms with Gasteiger partial charge in [-0.05, 0) is 38.1 Å². The number of rotatable bonds is 7. The number of nitrogens with one attached hydrogen (secondary N) is 1. The van der Waals surface area contributed by atoms with Gasteiger partial charge in [-0.25, -0.2) is 0 Å². The zero-order valence-corrected chi connectivity index (χ0v) is 11.6. The molecule has 1 aromatic carbocycles. The number of hydrogen-bond donors (Lipinski definition) is 1. The summed E-state index contributed by atoms with van der Waals surface area (Å²) in [4.78, 5) is 0. The van der Waals surface area contributed by atoms with Crippen LogP contribution in [0, 0.1) is 0 Å². The van der Waals surface area contributed by atoms with Gasteiger partial charge in [0.2, 0.25) is 0 Å². The van der Waals surface area contributed by atoms with Gasteiger partial charge in [0.1, 0.15) is 0 Å². The van der Waals surface area contributed by atoms with Crippen LogP contribution in [0.1, 0.15) is 38.3 Å². The van der Waals surface area contributed by atoms with Gasteiger partial charge in [0.15, 0.2) is 0 Å². The first-order valence-corrected chi connectivity index (χ1v) is 6.65. The van der Waals surface area contributed by atoms with Crippen LogP contribution in [0.5, 0.6) is 0 Å². The van der Waals surface area contributed by atoms with Crippen LogP contribution >= 0.6 is 11.6 Å². The summed E-state index contributed by atoms with van der Waals surface area (Å²) >= 11 is 6.04. The molecule has 3 heteroatoms. The predicted molar refractivity (Wildman–Crippen MR) is 73.6 cm³/mol. The Hall–Kier alpha value is -0.570. The molecule has 0 radical (unpaired) electrons. The summed E-state index contributed by atoms with van der Waals surface area (Å²) < 4.78 is 5.82. The lowest BCUT2D eigenvalue weighted by Gasteiger charge is -2.27. The van der Waals surface area contributed by atoms with E-state index in [-0.39, 0.29) is 12.1 Å². The Bertz CT molecular complexity index is 324. The highest BCUT2D eigenvalue weighted by molar-refractivity contribution is 6.30. The second-order valence-electron chi connectivity index (χ2n) is 4.10. The van der Waals surface area contributed by atoms with Gasteiger partial charge >= 0.3 is 0 Å². The highest BCUT2D eigenvalue weighted by Gasteiger charge is 2.21. The van der Waals surface area contributed by atoms with Gasteiger partial charge in [-0.15, -0.1) is 0 Å². The van der Waals surface area contributed by atoms with Crippen molar-refractivity contribution in [2.24, 2.45) is 0 Å². The van der Waals surface area contributed by atoms with Gasteiger partial charge in [-0.3, -0.25) is 0 Å². The average molecular weight is 256 g/mol. The lowest BCUT2D eigenvalue weighted by atomic mass is 9.98. The first kappa shape index (κ1) is 14.5. The number of likely N-dealkylation sites (N-methyl/N-ethyl adjacent to an activating group) is 1. The van der Waals surface area contributed by atoms with E-state index < -0.39 is 0 Å². The lowest BCUT2D eigenvalue weighted by Crippen LogP contribution is -2.31. The first-order valence-electron chi connectivity index (χ1n) is 6.27. The molecule has 0 fully saturated rings. The Morgan fingerprint density at radius 3 is 2.65 bits per heavy atom. The number of hydrogen-bond acceptors (Lipinski definition) is 2. The molecule has 0 aliphatic carbocycles. The summed E-state index contributed by atoms with van der Waals surface area (Å²) in [6, 6.07) is 8.18. The predicted octanol–water partition coefficient (Wildman–Crippen LogP) is 3.81. The molecule has 2 atom stereocenters. The minimum absolute atomic E-state index is 0.202. The molecule has 0 spiro atoms. The fourth-order valence-electron chi connectivity index (χ4n) is 2.11. The van der Waals surface area contributed by atoms with E-state index in [0.29, 0.717) is 0 Å². The van der Waals surface area contributed by atoms with Crippen molar-refractivity contribution in [3.05, 3.63) is 34.9 Å². The van der Waals surface area contributed by atoms with Crippen LogP contribution in [0.25, 0.3) is 0 Å². The molecule has 96 valence electrons. The molecule has 1 aromatic rings. The molecular formula is C14H22ClNO. The molecule has 17 heavy (non-hydrogen) atoms. The number of benzene rings is 1. The minimum Gasteiger partial charge on any atom is -0.377 e. The topological polar surface area (TPSA) is 21.3 Å². The molecule has 0 saturated carbocycles. The first-order chi connectivity index (χ1) is 8.22. The Labute approximate surface area is 109 Å².